The van der Waals surface area contributed by atoms with E-state index >= 15 is 0 Å². The van der Waals surface area contributed by atoms with E-state index in [-0.39, 0.29) is 29.3 Å². The molecule has 3 aliphatic heterocycles. The summed E-state index contributed by atoms with van der Waals surface area (Å²) in [7, 11) is -0.151. The lowest BCUT2D eigenvalue weighted by molar-refractivity contribution is -0.0382. The highest BCUT2D eigenvalue weighted by molar-refractivity contribution is 7.92. The Labute approximate surface area is 325 Å². The largest absolute Gasteiger partial charge is 0.490 e. The van der Waals surface area contributed by atoms with Crippen LogP contribution in [0.2, 0.25) is 0 Å². The number of allylic oxidation sites excluding steroid dienone is 1. The number of methoxy groups -OCH3 is 2. The average Bonchev–Trinajstić information content (AvgIpc) is 3.51. The second kappa shape index (κ2) is 15.5. The second-order valence-electron chi connectivity index (χ2n) is 16.5. The number of hydrogen-bond acceptors (Lipinski definition) is 8. The molecule has 0 saturated heterocycles. The SMILES string of the molecule is COC[C@H]1Cn2cc(C(=O)NS3(=O)=NC(=O)c4ccc5c(c4)N(C[C@@H]4CC[C@H]4[C@@H](OC)/C=C/C[C@H](C)C3)C[C@@]3(CCCc4cc(C)ccc43)CO5)cc2CO1. The number of nitrogens with one attached hydrogen (secondary N) is 1. The van der Waals surface area contributed by atoms with Gasteiger partial charge < -0.3 is 28.4 Å². The van der Waals surface area contributed by atoms with Crippen molar-refractivity contribution in [1.82, 2.24) is 9.29 Å². The van der Waals surface area contributed by atoms with E-state index in [1.165, 1.54) is 16.7 Å². The molecule has 294 valence electrons. The minimum Gasteiger partial charge on any atom is -0.490 e. The number of anilines is 1. The smallest absolute Gasteiger partial charge is 0.286 e. The Balaban J connectivity index is 1.16. The van der Waals surface area contributed by atoms with Gasteiger partial charge in [-0.25, -0.2) is 4.21 Å². The van der Waals surface area contributed by atoms with Crippen LogP contribution in [0.15, 0.2) is 65.2 Å². The molecule has 1 fully saturated rings. The van der Waals surface area contributed by atoms with Crippen LogP contribution in [-0.2, 0) is 49.1 Å². The van der Waals surface area contributed by atoms with Crippen LogP contribution in [0, 0.1) is 24.7 Å². The zero-order valence-corrected chi connectivity index (χ0v) is 33.3. The maximum atomic E-state index is 14.8. The highest BCUT2D eigenvalue weighted by atomic mass is 32.2. The van der Waals surface area contributed by atoms with Gasteiger partial charge in [0.25, 0.3) is 11.8 Å². The Kier molecular flexibility index (Phi) is 10.7. The summed E-state index contributed by atoms with van der Waals surface area (Å²) in [6.07, 6.45) is 11.7. The van der Waals surface area contributed by atoms with Crippen molar-refractivity contribution in [2.45, 2.75) is 83.1 Å². The van der Waals surface area contributed by atoms with Crippen LogP contribution < -0.4 is 14.4 Å². The number of carbonyl (C=O) groups is 2. The van der Waals surface area contributed by atoms with Crippen LogP contribution in [0.25, 0.3) is 0 Å². The summed E-state index contributed by atoms with van der Waals surface area (Å²) in [5.74, 6) is 0.155. The molecule has 1 aromatic heterocycles. The van der Waals surface area contributed by atoms with Crippen molar-refractivity contribution < 1.29 is 32.7 Å². The van der Waals surface area contributed by atoms with Crippen molar-refractivity contribution in [3.8, 4) is 5.75 Å². The van der Waals surface area contributed by atoms with E-state index in [0.717, 1.165) is 62.3 Å². The molecule has 1 unspecified atom stereocenters. The van der Waals surface area contributed by atoms with Gasteiger partial charge in [-0.3, -0.25) is 14.3 Å². The van der Waals surface area contributed by atoms with Gasteiger partial charge in [0.1, 0.15) is 15.7 Å². The van der Waals surface area contributed by atoms with Crippen LogP contribution >= 0.6 is 0 Å². The first-order valence-electron chi connectivity index (χ1n) is 19.8. The Morgan fingerprint density at radius 2 is 2.00 bits per heavy atom. The fourth-order valence-corrected chi connectivity index (χ4v) is 11.4. The minimum absolute atomic E-state index is 0.00664. The molecular weight excluding hydrogens is 717 g/mol. The first-order valence-corrected chi connectivity index (χ1v) is 21.5. The van der Waals surface area contributed by atoms with Crippen LogP contribution in [0.1, 0.15) is 82.1 Å². The van der Waals surface area contributed by atoms with Crippen LogP contribution in [0.3, 0.4) is 0 Å². The van der Waals surface area contributed by atoms with Gasteiger partial charge >= 0.3 is 0 Å². The topological polar surface area (TPSA) is 121 Å². The molecule has 2 amide bonds. The first-order chi connectivity index (χ1) is 26.5. The van der Waals surface area contributed by atoms with Crippen LogP contribution in [0.4, 0.5) is 5.69 Å². The van der Waals surface area contributed by atoms with Crippen LogP contribution in [0.5, 0.6) is 5.75 Å². The molecule has 0 radical (unpaired) electrons. The lowest BCUT2D eigenvalue weighted by Gasteiger charge is -2.46. The van der Waals surface area contributed by atoms with Gasteiger partial charge in [-0.15, -0.1) is 4.36 Å². The Morgan fingerprint density at radius 3 is 2.80 bits per heavy atom. The number of ether oxygens (including phenoxy) is 4. The molecule has 2 aliphatic carbocycles. The molecule has 7 atom stereocenters. The molecule has 5 aliphatic rings. The quantitative estimate of drug-likeness (QED) is 0.296. The highest BCUT2D eigenvalue weighted by Crippen LogP contribution is 2.47. The maximum absolute atomic E-state index is 14.8. The highest BCUT2D eigenvalue weighted by Gasteiger charge is 2.44. The number of hydrogen-bond donors (Lipinski definition) is 1. The predicted octanol–water partition coefficient (Wildman–Crippen LogP) is 6.41. The van der Waals surface area contributed by atoms with Crippen molar-refractivity contribution in [2.24, 2.45) is 22.1 Å². The Bertz CT molecular complexity index is 2100. The molecule has 8 rings (SSSR count). The van der Waals surface area contributed by atoms with Gasteiger partial charge in [0, 0.05) is 50.2 Å². The monoisotopic (exact) mass is 770 g/mol. The fraction of sp³-hybridized carbons (Fsp3) is 0.535. The molecule has 1 N–H and O–H groups in total. The normalized spacial score (nSPS) is 31.1. The average molecular weight is 771 g/mol. The first kappa shape index (κ1) is 37.9. The molecule has 55 heavy (non-hydrogen) atoms. The van der Waals surface area contributed by atoms with Gasteiger partial charge in [0.15, 0.2) is 0 Å². The summed E-state index contributed by atoms with van der Waals surface area (Å²) < 4.78 is 47.7. The molecule has 2 aromatic carbocycles. The van der Waals surface area contributed by atoms with Gasteiger partial charge in [-0.2, -0.15) is 0 Å². The number of amides is 2. The summed E-state index contributed by atoms with van der Waals surface area (Å²) in [4.78, 5) is 30.4. The lowest BCUT2D eigenvalue weighted by atomic mass is 9.68. The maximum Gasteiger partial charge on any atom is 0.286 e. The third-order valence-electron chi connectivity index (χ3n) is 12.4. The van der Waals surface area contributed by atoms with Crippen molar-refractivity contribution in [3.05, 3.63) is 94.3 Å². The molecule has 3 aromatic rings. The van der Waals surface area contributed by atoms with Crippen molar-refractivity contribution in [1.29, 1.82) is 0 Å². The summed E-state index contributed by atoms with van der Waals surface area (Å²) in [6, 6.07) is 14.0. The van der Waals surface area contributed by atoms with E-state index in [1.54, 1.807) is 32.5 Å². The number of nitrogens with zero attached hydrogens (tertiary/aromatic N) is 3. The van der Waals surface area contributed by atoms with Gasteiger partial charge in [0.2, 0.25) is 0 Å². The van der Waals surface area contributed by atoms with E-state index < -0.39 is 21.7 Å². The zero-order chi connectivity index (χ0) is 38.3. The third kappa shape index (κ3) is 7.75. The molecular formula is C43H54N4O7S. The third-order valence-corrected chi connectivity index (χ3v) is 14.4. The number of aryl methyl sites for hydroxylation is 2. The van der Waals surface area contributed by atoms with E-state index in [2.05, 4.69) is 51.3 Å². The molecule has 11 nitrogen and oxygen atoms in total. The number of fused-ring (bicyclic) bond motifs is 5. The molecule has 1 spiro atoms. The van der Waals surface area contributed by atoms with Gasteiger partial charge in [0.05, 0.1) is 55.6 Å². The van der Waals surface area contributed by atoms with E-state index in [9.17, 15) is 13.8 Å². The van der Waals surface area contributed by atoms with Crippen LogP contribution in [-0.4, -0.2) is 79.1 Å². The fourth-order valence-electron chi connectivity index (χ4n) is 9.46. The summed E-state index contributed by atoms with van der Waals surface area (Å²) in [5, 5.41) is 0. The second-order valence-corrected chi connectivity index (χ2v) is 18.5. The molecule has 1 saturated carbocycles. The Morgan fingerprint density at radius 1 is 1.13 bits per heavy atom. The Hall–Kier alpha value is -3.97. The number of carbonyl (C=O) groups excluding carboxylic acids is 2. The minimum atomic E-state index is -3.56. The summed E-state index contributed by atoms with van der Waals surface area (Å²) in [5.41, 5.74) is 6.14. The molecule has 12 heteroatoms. The summed E-state index contributed by atoms with van der Waals surface area (Å²) >= 11 is 0. The van der Waals surface area contributed by atoms with Gasteiger partial charge in [-0.1, -0.05) is 42.8 Å². The standard InChI is InChI=1S/C43H54N4O7S/c1-28-10-14-37-30(17-28)8-6-16-43(37)26-47-20-32-11-13-36(32)39(52-4)9-5-7-29(2)25-55(50,44-41(48)31-12-15-40(54-27-43)38(47)19-31)45-42(49)33-18-34-23-53-35(24-51-3)22-46(34)21-33/h5,9-10,12,14-15,17-19,21,29,32,35-36,39H,6-8,11,13,16,20,22-27H2,1-4H3,(H,44,45,48,49,50)/b9-5+/t29-,32-,35+,36+,39-,43-,55?/m0/s1. The number of benzene rings is 2. The van der Waals surface area contributed by atoms with Crippen molar-refractivity contribution >= 4 is 27.4 Å². The van der Waals surface area contributed by atoms with E-state index in [1.807, 2.05) is 23.6 Å². The van der Waals surface area contributed by atoms with Crippen molar-refractivity contribution in [3.63, 3.8) is 0 Å². The summed E-state index contributed by atoms with van der Waals surface area (Å²) in [6.45, 7) is 7.53. The van der Waals surface area contributed by atoms with Gasteiger partial charge in [-0.05, 0) is 98.6 Å². The zero-order valence-electron chi connectivity index (χ0n) is 32.5. The predicted molar refractivity (Wildman–Crippen MR) is 212 cm³/mol. The van der Waals surface area contributed by atoms with E-state index in [4.69, 9.17) is 18.9 Å². The van der Waals surface area contributed by atoms with E-state index in [0.29, 0.717) is 55.7 Å². The number of rotatable bonds is 5. The lowest BCUT2D eigenvalue weighted by Crippen LogP contribution is -2.49. The van der Waals surface area contributed by atoms with Crippen molar-refractivity contribution in [2.75, 3.05) is 51.2 Å². The molecule has 4 heterocycles. The molecule has 2 bridgehead atoms. The number of aromatic nitrogens is 1.